The molecule has 2 heteroatoms. The molecule has 14 heavy (non-hydrogen) atoms. The molecule has 2 rings (SSSR count). The van der Waals surface area contributed by atoms with Gasteiger partial charge in [-0.2, -0.15) is 0 Å². The fraction of sp³-hybridized carbons (Fsp3) is 0.500. The van der Waals surface area contributed by atoms with Crippen LogP contribution in [0.5, 0.6) is 0 Å². The monoisotopic (exact) mass is 191 g/mol. The predicted octanol–water partition coefficient (Wildman–Crippen LogP) is 2.12. The molecule has 0 aromatic heterocycles. The Morgan fingerprint density at radius 2 is 2.21 bits per heavy atom. The van der Waals surface area contributed by atoms with Gasteiger partial charge in [-0.1, -0.05) is 12.1 Å². The molecule has 0 fully saturated rings. The van der Waals surface area contributed by atoms with Gasteiger partial charge in [0.2, 0.25) is 0 Å². The van der Waals surface area contributed by atoms with Gasteiger partial charge >= 0.3 is 0 Å². The van der Waals surface area contributed by atoms with Crippen LogP contribution in [0.1, 0.15) is 30.6 Å². The van der Waals surface area contributed by atoms with Crippen LogP contribution in [0.4, 0.5) is 5.69 Å². The van der Waals surface area contributed by atoms with Gasteiger partial charge in [-0.15, -0.1) is 0 Å². The number of fused-ring (bicyclic) bond motifs is 1. The van der Waals surface area contributed by atoms with Gasteiger partial charge in [0, 0.05) is 19.3 Å². The highest BCUT2D eigenvalue weighted by atomic mass is 16.3. The highest BCUT2D eigenvalue weighted by molar-refractivity contribution is 5.58. The normalized spacial score (nSPS) is 17.8. The molecule has 1 aliphatic heterocycles. The van der Waals surface area contributed by atoms with Crippen molar-refractivity contribution in [3.8, 4) is 0 Å². The molecule has 1 atom stereocenters. The first-order valence-electron chi connectivity index (χ1n) is 5.21. The second-order valence-corrected chi connectivity index (χ2v) is 4.05. The van der Waals surface area contributed by atoms with Crippen LogP contribution in [0.3, 0.4) is 0 Å². The number of hydrogen-bond donors (Lipinski definition) is 1. The number of aliphatic hydroxyl groups is 1. The molecular formula is C12H17NO. The molecule has 1 N–H and O–H groups in total. The van der Waals surface area contributed by atoms with E-state index in [1.165, 1.54) is 17.7 Å². The molecule has 1 aromatic carbocycles. The lowest BCUT2D eigenvalue weighted by Crippen LogP contribution is -2.25. The molecule has 1 aromatic rings. The maximum absolute atomic E-state index is 9.65. The maximum Gasteiger partial charge on any atom is 0.0765 e. The van der Waals surface area contributed by atoms with Crippen LogP contribution in [0, 0.1) is 0 Å². The molecule has 0 radical (unpaired) electrons. The zero-order valence-corrected chi connectivity index (χ0v) is 8.83. The average molecular weight is 191 g/mol. The quantitative estimate of drug-likeness (QED) is 0.735. The maximum atomic E-state index is 9.65. The van der Waals surface area contributed by atoms with Gasteiger partial charge in [0.05, 0.1) is 6.10 Å². The van der Waals surface area contributed by atoms with Crippen molar-refractivity contribution in [3.63, 3.8) is 0 Å². The minimum atomic E-state index is -0.351. The van der Waals surface area contributed by atoms with E-state index in [0.717, 1.165) is 18.5 Å². The summed E-state index contributed by atoms with van der Waals surface area (Å²) in [6, 6.07) is 6.20. The Balaban J connectivity index is 2.49. The SMILES string of the molecule is CC(O)c1cccc2c1CCCN2C. The second-order valence-electron chi connectivity index (χ2n) is 4.05. The van der Waals surface area contributed by atoms with Gasteiger partial charge < -0.3 is 10.0 Å². The Hall–Kier alpha value is -1.02. The lowest BCUT2D eigenvalue weighted by Gasteiger charge is -2.29. The van der Waals surface area contributed by atoms with E-state index in [2.05, 4.69) is 18.0 Å². The summed E-state index contributed by atoms with van der Waals surface area (Å²) in [5.74, 6) is 0. The first-order valence-corrected chi connectivity index (χ1v) is 5.21. The predicted molar refractivity (Wildman–Crippen MR) is 58.7 cm³/mol. The molecule has 1 heterocycles. The van der Waals surface area contributed by atoms with Crippen LogP contribution in [-0.4, -0.2) is 18.7 Å². The van der Waals surface area contributed by atoms with Crippen LogP contribution in [0.25, 0.3) is 0 Å². The molecule has 0 spiro atoms. The Kier molecular flexibility index (Phi) is 2.46. The van der Waals surface area contributed by atoms with Crippen molar-refractivity contribution in [3.05, 3.63) is 29.3 Å². The van der Waals surface area contributed by atoms with E-state index in [0.29, 0.717) is 0 Å². The number of aliphatic hydroxyl groups excluding tert-OH is 1. The molecule has 0 saturated carbocycles. The first kappa shape index (κ1) is 9.53. The number of nitrogens with zero attached hydrogens (tertiary/aromatic N) is 1. The van der Waals surface area contributed by atoms with Gasteiger partial charge in [0.1, 0.15) is 0 Å². The highest BCUT2D eigenvalue weighted by Gasteiger charge is 2.17. The Labute approximate surface area is 85.2 Å². The zero-order valence-electron chi connectivity index (χ0n) is 8.83. The van der Waals surface area contributed by atoms with Crippen LogP contribution < -0.4 is 4.90 Å². The van der Waals surface area contributed by atoms with Crippen molar-refractivity contribution < 1.29 is 5.11 Å². The fourth-order valence-electron chi connectivity index (χ4n) is 2.23. The number of benzene rings is 1. The first-order chi connectivity index (χ1) is 6.70. The molecule has 0 saturated heterocycles. The summed E-state index contributed by atoms with van der Waals surface area (Å²) in [4.78, 5) is 2.27. The van der Waals surface area contributed by atoms with Gasteiger partial charge in [0.25, 0.3) is 0 Å². The van der Waals surface area contributed by atoms with Gasteiger partial charge in [-0.25, -0.2) is 0 Å². The number of hydrogen-bond acceptors (Lipinski definition) is 2. The molecule has 1 unspecified atom stereocenters. The van der Waals surface area contributed by atoms with E-state index >= 15 is 0 Å². The van der Waals surface area contributed by atoms with Gasteiger partial charge in [-0.05, 0) is 37.0 Å². The van der Waals surface area contributed by atoms with Crippen molar-refractivity contribution in [1.82, 2.24) is 0 Å². The third-order valence-corrected chi connectivity index (χ3v) is 2.97. The summed E-state index contributed by atoms with van der Waals surface area (Å²) in [5, 5.41) is 9.65. The van der Waals surface area contributed by atoms with E-state index in [1.54, 1.807) is 0 Å². The lowest BCUT2D eigenvalue weighted by atomic mass is 9.94. The minimum Gasteiger partial charge on any atom is -0.389 e. The van der Waals surface area contributed by atoms with E-state index < -0.39 is 0 Å². The molecule has 2 nitrogen and oxygen atoms in total. The Morgan fingerprint density at radius 1 is 1.43 bits per heavy atom. The summed E-state index contributed by atoms with van der Waals surface area (Å²) >= 11 is 0. The topological polar surface area (TPSA) is 23.5 Å². The highest BCUT2D eigenvalue weighted by Crippen LogP contribution is 2.31. The summed E-state index contributed by atoms with van der Waals surface area (Å²) < 4.78 is 0. The van der Waals surface area contributed by atoms with Gasteiger partial charge in [-0.3, -0.25) is 0 Å². The van der Waals surface area contributed by atoms with E-state index in [-0.39, 0.29) is 6.10 Å². The summed E-state index contributed by atoms with van der Waals surface area (Å²) in [5.41, 5.74) is 3.71. The molecule has 1 aliphatic rings. The average Bonchev–Trinajstić information content (AvgIpc) is 2.17. The smallest absolute Gasteiger partial charge is 0.0765 e. The van der Waals surface area contributed by atoms with Gasteiger partial charge in [0.15, 0.2) is 0 Å². The van der Waals surface area contributed by atoms with Crippen molar-refractivity contribution in [1.29, 1.82) is 0 Å². The van der Waals surface area contributed by atoms with Crippen LogP contribution in [0.2, 0.25) is 0 Å². The molecular weight excluding hydrogens is 174 g/mol. The second kappa shape index (κ2) is 3.62. The summed E-state index contributed by atoms with van der Waals surface area (Å²) in [6.45, 7) is 2.96. The Morgan fingerprint density at radius 3 is 2.93 bits per heavy atom. The van der Waals surface area contributed by atoms with Crippen molar-refractivity contribution in [2.45, 2.75) is 25.9 Å². The van der Waals surface area contributed by atoms with Crippen molar-refractivity contribution >= 4 is 5.69 Å². The molecule has 0 aliphatic carbocycles. The third-order valence-electron chi connectivity index (χ3n) is 2.97. The third kappa shape index (κ3) is 1.50. The van der Waals surface area contributed by atoms with Crippen LogP contribution in [0.15, 0.2) is 18.2 Å². The molecule has 0 bridgehead atoms. The van der Waals surface area contributed by atoms with E-state index in [9.17, 15) is 5.11 Å². The minimum absolute atomic E-state index is 0.351. The zero-order chi connectivity index (χ0) is 10.1. The van der Waals surface area contributed by atoms with Crippen LogP contribution >= 0.6 is 0 Å². The summed E-state index contributed by atoms with van der Waals surface area (Å²) in [6.07, 6.45) is 1.94. The molecule has 76 valence electrons. The largest absolute Gasteiger partial charge is 0.389 e. The number of rotatable bonds is 1. The fourth-order valence-corrected chi connectivity index (χ4v) is 2.23. The van der Waals surface area contributed by atoms with Crippen LogP contribution in [-0.2, 0) is 6.42 Å². The molecule has 0 amide bonds. The summed E-state index contributed by atoms with van der Waals surface area (Å²) in [7, 11) is 2.11. The van der Waals surface area contributed by atoms with Crippen molar-refractivity contribution in [2.75, 3.05) is 18.5 Å². The van der Waals surface area contributed by atoms with E-state index in [1.807, 2.05) is 19.1 Å². The number of anilines is 1. The Bertz CT molecular complexity index is 319. The van der Waals surface area contributed by atoms with Crippen molar-refractivity contribution in [2.24, 2.45) is 0 Å². The standard InChI is InChI=1S/C12H17NO/c1-9(14)10-5-3-7-12-11(10)6-4-8-13(12)2/h3,5,7,9,14H,4,6,8H2,1-2H3. The van der Waals surface area contributed by atoms with E-state index in [4.69, 9.17) is 0 Å². The lowest BCUT2D eigenvalue weighted by molar-refractivity contribution is 0.198.